The number of benzene rings is 2. The van der Waals surface area contributed by atoms with E-state index >= 15 is 0 Å². The van der Waals surface area contributed by atoms with Crippen molar-refractivity contribution < 1.29 is 4.74 Å². The van der Waals surface area contributed by atoms with Crippen molar-refractivity contribution in [1.29, 1.82) is 0 Å². The Morgan fingerprint density at radius 2 is 1.56 bits per heavy atom. The molecule has 0 aliphatic heterocycles. The summed E-state index contributed by atoms with van der Waals surface area (Å²) >= 11 is 0. The van der Waals surface area contributed by atoms with Crippen LogP contribution in [0.15, 0.2) is 54.6 Å². The average Bonchev–Trinajstić information content (AvgIpc) is 3.21. The predicted octanol–water partition coefficient (Wildman–Crippen LogP) is 8.98. The van der Waals surface area contributed by atoms with E-state index in [2.05, 4.69) is 94.1 Å². The molecule has 4 rings (SSSR count). The Morgan fingerprint density at radius 1 is 0.897 bits per heavy atom. The van der Waals surface area contributed by atoms with Crippen LogP contribution in [0.2, 0.25) is 0 Å². The highest BCUT2D eigenvalue weighted by Gasteiger charge is 2.22. The van der Waals surface area contributed by atoms with Crippen LogP contribution in [-0.2, 0) is 25.8 Å². The topological polar surface area (TPSA) is 25.4 Å². The third-order valence-corrected chi connectivity index (χ3v) is 8.34. The molecule has 0 radical (unpaired) electrons. The van der Waals surface area contributed by atoms with Gasteiger partial charge in [-0.3, -0.25) is 9.88 Å². The first-order valence-corrected chi connectivity index (χ1v) is 15.5. The van der Waals surface area contributed by atoms with Crippen molar-refractivity contribution in [1.82, 2.24) is 9.88 Å². The van der Waals surface area contributed by atoms with Crippen LogP contribution in [0.3, 0.4) is 0 Å². The molecule has 3 nitrogen and oxygen atoms in total. The zero-order chi connectivity index (χ0) is 27.6. The van der Waals surface area contributed by atoms with E-state index in [0.717, 1.165) is 62.0 Å². The highest BCUT2D eigenvalue weighted by atomic mass is 16.5. The van der Waals surface area contributed by atoms with Crippen molar-refractivity contribution in [3.63, 3.8) is 0 Å². The third kappa shape index (κ3) is 8.18. The van der Waals surface area contributed by atoms with Gasteiger partial charge in [-0.1, -0.05) is 88.1 Å². The molecular weight excluding hydrogens is 476 g/mol. The smallest absolute Gasteiger partial charge is 0.128 e. The normalized spacial score (nSPS) is 14.6. The van der Waals surface area contributed by atoms with Gasteiger partial charge in [0, 0.05) is 42.5 Å². The summed E-state index contributed by atoms with van der Waals surface area (Å²) in [5.41, 5.74) is 8.84. The molecule has 0 unspecified atom stereocenters. The van der Waals surface area contributed by atoms with Crippen LogP contribution in [0.25, 0.3) is 11.3 Å². The fourth-order valence-electron chi connectivity index (χ4n) is 6.22. The number of aromatic nitrogens is 1. The molecular formula is C36H50N2O. The van der Waals surface area contributed by atoms with Crippen molar-refractivity contribution in [2.75, 3.05) is 13.1 Å². The second kappa shape index (κ2) is 14.7. The van der Waals surface area contributed by atoms with E-state index in [0.29, 0.717) is 0 Å². The SMILES string of the molecule is CCc1cccc(CC)c1-c1cc(OC(C)C)c(CN(CCc2ccccc2)CC2CCCCCC2)c(C)n1. The summed E-state index contributed by atoms with van der Waals surface area (Å²) in [6.07, 6.45) is 11.5. The summed E-state index contributed by atoms with van der Waals surface area (Å²) in [5, 5.41) is 0. The van der Waals surface area contributed by atoms with Gasteiger partial charge in [-0.15, -0.1) is 0 Å². The van der Waals surface area contributed by atoms with Gasteiger partial charge in [0.1, 0.15) is 5.75 Å². The van der Waals surface area contributed by atoms with E-state index < -0.39 is 0 Å². The van der Waals surface area contributed by atoms with E-state index in [1.54, 1.807) is 0 Å². The van der Waals surface area contributed by atoms with Crippen LogP contribution < -0.4 is 4.74 Å². The minimum absolute atomic E-state index is 0.116. The van der Waals surface area contributed by atoms with Gasteiger partial charge in [0.05, 0.1) is 11.8 Å². The van der Waals surface area contributed by atoms with Crippen molar-refractivity contribution in [3.8, 4) is 17.0 Å². The number of rotatable bonds is 12. The third-order valence-electron chi connectivity index (χ3n) is 8.34. The standard InChI is InChI=1S/C36H50N2O/c1-6-31-20-15-21-32(7-2)36(31)34-24-35(39-27(3)4)33(28(5)37-34)26-38(23-22-29-16-13-10-14-17-29)25-30-18-11-8-9-12-19-30/h10,13-17,20-21,24,27,30H,6-9,11-12,18-19,22-23,25-26H2,1-5H3. The Bertz CT molecular complexity index is 1140. The van der Waals surface area contributed by atoms with Gasteiger partial charge in [0.2, 0.25) is 0 Å². The first kappa shape index (κ1) is 29.3. The van der Waals surface area contributed by atoms with Gasteiger partial charge in [-0.05, 0) is 75.5 Å². The molecule has 1 aliphatic carbocycles. The summed E-state index contributed by atoms with van der Waals surface area (Å²) in [6, 6.07) is 19.9. The Kier molecular flexibility index (Phi) is 11.0. The van der Waals surface area contributed by atoms with Gasteiger partial charge in [-0.25, -0.2) is 0 Å². The van der Waals surface area contributed by atoms with Crippen LogP contribution >= 0.6 is 0 Å². The monoisotopic (exact) mass is 526 g/mol. The number of hydrogen-bond donors (Lipinski definition) is 0. The van der Waals surface area contributed by atoms with Crippen molar-refractivity contribution >= 4 is 0 Å². The van der Waals surface area contributed by atoms with Crippen molar-refractivity contribution in [3.05, 3.63) is 82.5 Å². The molecule has 0 amide bonds. The second-order valence-electron chi connectivity index (χ2n) is 11.7. The number of aryl methyl sites for hydroxylation is 3. The minimum Gasteiger partial charge on any atom is -0.491 e. The number of nitrogens with zero attached hydrogens (tertiary/aromatic N) is 2. The van der Waals surface area contributed by atoms with E-state index in [1.165, 1.54) is 66.3 Å². The molecule has 0 spiro atoms. The van der Waals surface area contributed by atoms with Gasteiger partial charge >= 0.3 is 0 Å². The van der Waals surface area contributed by atoms with Gasteiger partial charge in [0.15, 0.2) is 0 Å². The lowest BCUT2D eigenvalue weighted by molar-refractivity contribution is 0.201. The molecule has 39 heavy (non-hydrogen) atoms. The minimum atomic E-state index is 0.116. The Balaban J connectivity index is 1.67. The summed E-state index contributed by atoms with van der Waals surface area (Å²) in [6.45, 7) is 14.0. The molecule has 2 aromatic carbocycles. The number of ether oxygens (including phenoxy) is 1. The highest BCUT2D eigenvalue weighted by Crippen LogP contribution is 2.34. The molecule has 0 bridgehead atoms. The lowest BCUT2D eigenvalue weighted by Crippen LogP contribution is -2.32. The van der Waals surface area contributed by atoms with Crippen molar-refractivity contribution in [2.45, 2.75) is 105 Å². The lowest BCUT2D eigenvalue weighted by atomic mass is 9.94. The average molecular weight is 527 g/mol. The van der Waals surface area contributed by atoms with Crippen LogP contribution in [0.5, 0.6) is 5.75 Å². The van der Waals surface area contributed by atoms with Crippen LogP contribution in [0, 0.1) is 12.8 Å². The molecule has 1 fully saturated rings. The molecule has 0 atom stereocenters. The van der Waals surface area contributed by atoms with E-state index in [4.69, 9.17) is 9.72 Å². The maximum absolute atomic E-state index is 6.54. The maximum atomic E-state index is 6.54. The quantitative estimate of drug-likeness (QED) is 0.220. The lowest BCUT2D eigenvalue weighted by Gasteiger charge is -2.29. The Labute approximate surface area is 238 Å². The Morgan fingerprint density at radius 3 is 2.18 bits per heavy atom. The molecule has 1 aromatic heterocycles. The van der Waals surface area contributed by atoms with Gasteiger partial charge < -0.3 is 4.74 Å². The number of hydrogen-bond acceptors (Lipinski definition) is 3. The molecule has 0 N–H and O–H groups in total. The van der Waals surface area contributed by atoms with Crippen LogP contribution in [0.4, 0.5) is 0 Å². The van der Waals surface area contributed by atoms with Gasteiger partial charge in [0.25, 0.3) is 0 Å². The van der Waals surface area contributed by atoms with Crippen molar-refractivity contribution in [2.24, 2.45) is 5.92 Å². The molecule has 1 heterocycles. The van der Waals surface area contributed by atoms with E-state index in [1.807, 2.05) is 0 Å². The Hall–Kier alpha value is -2.65. The van der Waals surface area contributed by atoms with Crippen LogP contribution in [0.1, 0.15) is 94.2 Å². The number of pyridine rings is 1. The molecule has 0 saturated heterocycles. The van der Waals surface area contributed by atoms with Crippen LogP contribution in [-0.4, -0.2) is 29.1 Å². The van der Waals surface area contributed by atoms with E-state index in [-0.39, 0.29) is 6.10 Å². The second-order valence-corrected chi connectivity index (χ2v) is 11.7. The zero-order valence-electron chi connectivity index (χ0n) is 25.1. The van der Waals surface area contributed by atoms with Gasteiger partial charge in [-0.2, -0.15) is 0 Å². The molecule has 1 saturated carbocycles. The largest absolute Gasteiger partial charge is 0.491 e. The zero-order valence-corrected chi connectivity index (χ0v) is 25.1. The summed E-state index contributed by atoms with van der Waals surface area (Å²) in [4.78, 5) is 7.95. The molecule has 1 aliphatic rings. The fourth-order valence-corrected chi connectivity index (χ4v) is 6.22. The highest BCUT2D eigenvalue weighted by molar-refractivity contribution is 5.70. The first-order chi connectivity index (χ1) is 19.0. The molecule has 210 valence electrons. The maximum Gasteiger partial charge on any atom is 0.128 e. The summed E-state index contributed by atoms with van der Waals surface area (Å²) < 4.78 is 6.54. The molecule has 3 aromatic rings. The summed E-state index contributed by atoms with van der Waals surface area (Å²) in [5.74, 6) is 1.79. The fraction of sp³-hybridized carbons (Fsp3) is 0.528. The van der Waals surface area contributed by atoms with E-state index in [9.17, 15) is 0 Å². The molecule has 3 heteroatoms. The predicted molar refractivity (Wildman–Crippen MR) is 166 cm³/mol. The first-order valence-electron chi connectivity index (χ1n) is 15.5. The summed E-state index contributed by atoms with van der Waals surface area (Å²) in [7, 11) is 0.